The predicted molar refractivity (Wildman–Crippen MR) is 94.7 cm³/mol. The molecule has 1 aromatic rings. The molecule has 1 aliphatic rings. The van der Waals surface area contributed by atoms with Gasteiger partial charge in [0.15, 0.2) is 0 Å². The highest BCUT2D eigenvalue weighted by Crippen LogP contribution is 2.28. The average molecular weight is 422 g/mol. The Morgan fingerprint density at radius 2 is 2.05 bits per heavy atom. The third kappa shape index (κ3) is 4.91. The van der Waals surface area contributed by atoms with Gasteiger partial charge in [-0.05, 0) is 72.5 Å². The van der Waals surface area contributed by atoms with Crippen molar-refractivity contribution in [1.29, 1.82) is 0 Å². The highest BCUT2D eigenvalue weighted by Gasteiger charge is 2.27. The van der Waals surface area contributed by atoms with E-state index in [0.717, 1.165) is 19.3 Å². The summed E-state index contributed by atoms with van der Waals surface area (Å²) in [6, 6.07) is 8.82. The molecule has 2 unspecified atom stereocenters. The van der Waals surface area contributed by atoms with Gasteiger partial charge in [0.1, 0.15) is 0 Å². The Bertz CT molecular complexity index is 560. The molecule has 118 valence electrons. The number of hydrogen-bond donors (Lipinski definition) is 1. The first-order chi connectivity index (χ1) is 9.90. The number of hydrogen-bond acceptors (Lipinski definition) is 3. The van der Waals surface area contributed by atoms with Crippen molar-refractivity contribution in [1.82, 2.24) is 9.62 Å². The van der Waals surface area contributed by atoms with Crippen LogP contribution in [0.2, 0.25) is 0 Å². The summed E-state index contributed by atoms with van der Waals surface area (Å²) in [6.07, 6.45) is 4.35. The Balaban J connectivity index is 2.03. The second kappa shape index (κ2) is 7.39. The maximum absolute atomic E-state index is 11.7. The second-order valence-corrected chi connectivity index (χ2v) is 8.99. The van der Waals surface area contributed by atoms with Crippen LogP contribution >= 0.6 is 22.6 Å². The number of rotatable bonds is 5. The van der Waals surface area contributed by atoms with Crippen molar-refractivity contribution in [3.05, 3.63) is 33.4 Å². The first kappa shape index (κ1) is 17.2. The van der Waals surface area contributed by atoms with Gasteiger partial charge in [-0.3, -0.25) is 0 Å². The molecule has 6 heteroatoms. The number of nitrogens with zero attached hydrogens (tertiary/aromatic N) is 1. The minimum Gasteiger partial charge on any atom is -0.313 e. The van der Waals surface area contributed by atoms with Crippen molar-refractivity contribution in [3.63, 3.8) is 0 Å². The monoisotopic (exact) mass is 422 g/mol. The first-order valence-electron chi connectivity index (χ1n) is 7.28. The number of benzene rings is 1. The molecule has 0 spiro atoms. The van der Waals surface area contributed by atoms with Crippen LogP contribution in [0.4, 0.5) is 0 Å². The van der Waals surface area contributed by atoms with Crippen molar-refractivity contribution in [3.8, 4) is 0 Å². The lowest BCUT2D eigenvalue weighted by molar-refractivity contribution is 0.240. The molecular formula is C15H23IN2O2S. The van der Waals surface area contributed by atoms with Crippen molar-refractivity contribution in [2.24, 2.45) is 5.92 Å². The lowest BCUT2D eigenvalue weighted by Crippen LogP contribution is -2.40. The van der Waals surface area contributed by atoms with E-state index in [2.05, 4.69) is 52.2 Å². The Labute approximate surface area is 141 Å². The van der Waals surface area contributed by atoms with Crippen molar-refractivity contribution in [2.45, 2.75) is 25.3 Å². The van der Waals surface area contributed by atoms with E-state index in [1.165, 1.54) is 15.4 Å². The number of sulfonamides is 1. The molecule has 1 heterocycles. The lowest BCUT2D eigenvalue weighted by atomic mass is 9.89. The maximum Gasteiger partial charge on any atom is 0.211 e. The summed E-state index contributed by atoms with van der Waals surface area (Å²) >= 11 is 2.30. The second-order valence-electron chi connectivity index (χ2n) is 5.76. The summed E-state index contributed by atoms with van der Waals surface area (Å²) in [5.74, 6) is 0.421. The molecule has 0 radical (unpaired) electrons. The van der Waals surface area contributed by atoms with E-state index < -0.39 is 10.0 Å². The fraction of sp³-hybridized carbons (Fsp3) is 0.600. The third-order valence-corrected chi connectivity index (χ3v) is 6.13. The molecular weight excluding hydrogens is 399 g/mol. The summed E-state index contributed by atoms with van der Waals surface area (Å²) in [4.78, 5) is 0. The standard InChI is InChI=1S/C15H23IN2O2S/c1-17-15(13-5-7-14(16)8-6-13)10-12-4-3-9-18(11-12)21(2,19)20/h5-8,12,15,17H,3-4,9-11H2,1-2H3. The molecule has 2 rings (SSSR count). The highest BCUT2D eigenvalue weighted by molar-refractivity contribution is 14.1. The van der Waals surface area contributed by atoms with Crippen LogP contribution in [0.3, 0.4) is 0 Å². The Morgan fingerprint density at radius 3 is 2.62 bits per heavy atom. The average Bonchev–Trinajstić information content (AvgIpc) is 2.45. The number of nitrogens with one attached hydrogen (secondary N) is 1. The Morgan fingerprint density at radius 1 is 1.38 bits per heavy atom. The summed E-state index contributed by atoms with van der Waals surface area (Å²) in [7, 11) is -1.09. The molecule has 2 atom stereocenters. The fourth-order valence-electron chi connectivity index (χ4n) is 2.97. The van der Waals surface area contributed by atoms with E-state index in [4.69, 9.17) is 0 Å². The van der Waals surface area contributed by atoms with E-state index >= 15 is 0 Å². The molecule has 0 bridgehead atoms. The molecule has 1 aromatic carbocycles. The molecule has 1 fully saturated rings. The van der Waals surface area contributed by atoms with Gasteiger partial charge in [-0.2, -0.15) is 0 Å². The van der Waals surface area contributed by atoms with E-state index in [-0.39, 0.29) is 6.04 Å². The summed E-state index contributed by atoms with van der Waals surface area (Å²) in [5, 5.41) is 3.37. The molecule has 1 aliphatic heterocycles. The van der Waals surface area contributed by atoms with Crippen molar-refractivity contribution in [2.75, 3.05) is 26.4 Å². The van der Waals surface area contributed by atoms with Gasteiger partial charge in [-0.15, -0.1) is 0 Å². The van der Waals surface area contributed by atoms with Crippen molar-refractivity contribution >= 4 is 32.6 Å². The van der Waals surface area contributed by atoms with Crippen LogP contribution in [0, 0.1) is 9.49 Å². The van der Waals surface area contributed by atoms with Gasteiger partial charge in [0.05, 0.1) is 6.26 Å². The number of halogens is 1. The van der Waals surface area contributed by atoms with Gasteiger partial charge < -0.3 is 5.32 Å². The van der Waals surface area contributed by atoms with Gasteiger partial charge in [0.2, 0.25) is 10.0 Å². The van der Waals surface area contributed by atoms with Crippen LogP contribution in [0.5, 0.6) is 0 Å². The van der Waals surface area contributed by atoms with Crippen molar-refractivity contribution < 1.29 is 8.42 Å². The lowest BCUT2D eigenvalue weighted by Gasteiger charge is -2.33. The van der Waals surface area contributed by atoms with E-state index in [9.17, 15) is 8.42 Å². The summed E-state index contributed by atoms with van der Waals surface area (Å²) in [6.45, 7) is 1.32. The molecule has 0 amide bonds. The smallest absolute Gasteiger partial charge is 0.211 e. The molecule has 1 N–H and O–H groups in total. The largest absolute Gasteiger partial charge is 0.313 e. The van der Waals surface area contributed by atoms with E-state index in [1.807, 2.05) is 7.05 Å². The Hall–Kier alpha value is -0.180. The molecule has 0 aromatic heterocycles. The van der Waals surface area contributed by atoms with Gasteiger partial charge in [-0.25, -0.2) is 12.7 Å². The van der Waals surface area contributed by atoms with Crippen LogP contribution in [-0.4, -0.2) is 39.1 Å². The molecule has 0 saturated carbocycles. The van der Waals surface area contributed by atoms with Crippen LogP contribution in [0.25, 0.3) is 0 Å². The van der Waals surface area contributed by atoms with Gasteiger partial charge in [0.25, 0.3) is 0 Å². The minimum absolute atomic E-state index is 0.284. The Kier molecular flexibility index (Phi) is 6.05. The fourth-order valence-corrected chi connectivity index (χ4v) is 4.27. The van der Waals surface area contributed by atoms with E-state index in [0.29, 0.717) is 19.0 Å². The first-order valence-corrected chi connectivity index (χ1v) is 10.2. The molecule has 4 nitrogen and oxygen atoms in total. The van der Waals surface area contributed by atoms with Crippen LogP contribution in [0.1, 0.15) is 30.9 Å². The van der Waals surface area contributed by atoms with E-state index in [1.54, 1.807) is 4.31 Å². The zero-order chi connectivity index (χ0) is 15.5. The molecule has 21 heavy (non-hydrogen) atoms. The van der Waals surface area contributed by atoms with Crippen LogP contribution in [0.15, 0.2) is 24.3 Å². The molecule has 1 saturated heterocycles. The summed E-state index contributed by atoms with van der Waals surface area (Å²) < 4.78 is 26.3. The topological polar surface area (TPSA) is 49.4 Å². The van der Waals surface area contributed by atoms with Crippen LogP contribution < -0.4 is 5.32 Å². The number of piperidine rings is 1. The molecule has 0 aliphatic carbocycles. The predicted octanol–water partition coefficient (Wildman–Crippen LogP) is 2.61. The van der Waals surface area contributed by atoms with Gasteiger partial charge in [0, 0.05) is 22.7 Å². The third-order valence-electron chi connectivity index (χ3n) is 4.14. The SMILES string of the molecule is CNC(CC1CCCN(S(C)(=O)=O)C1)c1ccc(I)cc1. The summed E-state index contributed by atoms with van der Waals surface area (Å²) in [5.41, 5.74) is 1.27. The minimum atomic E-state index is -3.06. The van der Waals surface area contributed by atoms with Gasteiger partial charge >= 0.3 is 0 Å². The maximum atomic E-state index is 11.7. The van der Waals surface area contributed by atoms with Crippen LogP contribution in [-0.2, 0) is 10.0 Å². The normalized spacial score (nSPS) is 22.1. The van der Waals surface area contributed by atoms with Gasteiger partial charge in [-0.1, -0.05) is 12.1 Å². The zero-order valence-electron chi connectivity index (χ0n) is 12.5. The quantitative estimate of drug-likeness (QED) is 0.743. The highest BCUT2D eigenvalue weighted by atomic mass is 127. The zero-order valence-corrected chi connectivity index (χ0v) is 15.5.